The number of rotatable bonds is 10. The molecule has 0 fully saturated rings. The van der Waals surface area contributed by atoms with Crippen molar-refractivity contribution in [3.05, 3.63) is 128 Å². The molecule has 12 heteroatoms. The molecule has 1 unspecified atom stereocenters. The topological polar surface area (TPSA) is 125 Å². The molecule has 0 aliphatic carbocycles. The van der Waals surface area contributed by atoms with E-state index in [9.17, 15) is 24.3 Å². The van der Waals surface area contributed by atoms with Crippen LogP contribution in [0.3, 0.4) is 0 Å². The van der Waals surface area contributed by atoms with Crippen molar-refractivity contribution in [1.82, 2.24) is 5.32 Å². The van der Waals surface area contributed by atoms with Crippen molar-refractivity contribution in [2.45, 2.75) is 17.1 Å². The Hall–Kier alpha value is -4.28. The first-order valence-electron chi connectivity index (χ1n) is 12.9. The monoisotopic (exact) mass is 667 g/mol. The second-order valence-corrected chi connectivity index (χ2v) is 11.9. The molecule has 1 atom stereocenters. The lowest BCUT2D eigenvalue weighted by atomic mass is 10.1. The van der Waals surface area contributed by atoms with E-state index in [1.165, 1.54) is 42.1 Å². The van der Waals surface area contributed by atoms with Crippen LogP contribution in [-0.4, -0.2) is 34.0 Å². The van der Waals surface area contributed by atoms with E-state index in [0.717, 1.165) is 0 Å². The molecule has 0 spiro atoms. The van der Waals surface area contributed by atoms with Gasteiger partial charge in [-0.2, -0.15) is 0 Å². The molecule has 0 aliphatic rings. The Labute approximate surface area is 272 Å². The fraction of sp³-hybridized carbons (Fsp3) is 0.0625. The number of aromatic carboxylic acids is 1. The standard InChI is InChI=1S/C32H24Cl3N3O5S/c1-18(29(39)36-23-12-13-26(34)25(17-23)32(42)43)44-24-9-5-8-22(16-24)37-31(41)28(14-20-10-11-21(33)15-27(20)35)38-30(40)19-6-3-2-4-7-19/h2-18H,1H3,(H,36,39)(H,37,41)(H,38,40)(H,42,43)/b28-14+. The lowest BCUT2D eigenvalue weighted by Gasteiger charge is -2.14. The largest absolute Gasteiger partial charge is 0.478 e. The number of hydrogen-bond acceptors (Lipinski definition) is 5. The minimum atomic E-state index is -1.21. The van der Waals surface area contributed by atoms with Crippen molar-refractivity contribution in [1.29, 1.82) is 0 Å². The van der Waals surface area contributed by atoms with Crippen LogP contribution in [0.5, 0.6) is 0 Å². The number of carboxylic acid groups (broad SMARTS) is 1. The Morgan fingerprint density at radius 3 is 2.23 bits per heavy atom. The number of halogens is 3. The summed E-state index contributed by atoms with van der Waals surface area (Å²) in [7, 11) is 0. The molecule has 4 aromatic carbocycles. The summed E-state index contributed by atoms with van der Waals surface area (Å²) in [5.41, 5.74) is 1.35. The quantitative estimate of drug-likeness (QED) is 0.101. The fourth-order valence-corrected chi connectivity index (χ4v) is 5.42. The summed E-state index contributed by atoms with van der Waals surface area (Å²) < 4.78 is 0. The molecular formula is C32H24Cl3N3O5S. The number of amides is 3. The van der Waals surface area contributed by atoms with Gasteiger partial charge < -0.3 is 21.1 Å². The molecule has 0 heterocycles. The van der Waals surface area contributed by atoms with Gasteiger partial charge in [0.05, 0.1) is 15.8 Å². The van der Waals surface area contributed by atoms with E-state index < -0.39 is 23.0 Å². The molecule has 224 valence electrons. The number of hydrogen-bond donors (Lipinski definition) is 4. The van der Waals surface area contributed by atoms with E-state index in [1.54, 1.807) is 73.7 Å². The molecule has 4 rings (SSSR count). The normalized spacial score (nSPS) is 11.8. The Kier molecular flexibility index (Phi) is 11.1. The zero-order chi connectivity index (χ0) is 31.8. The average molecular weight is 669 g/mol. The first kappa shape index (κ1) is 32.6. The van der Waals surface area contributed by atoms with Crippen molar-refractivity contribution in [3.8, 4) is 0 Å². The lowest BCUT2D eigenvalue weighted by Crippen LogP contribution is -2.30. The Balaban J connectivity index is 1.49. The second-order valence-electron chi connectivity index (χ2n) is 9.28. The number of carbonyl (C=O) groups excluding carboxylic acids is 3. The zero-order valence-electron chi connectivity index (χ0n) is 22.9. The lowest BCUT2D eigenvalue weighted by molar-refractivity contribution is -0.115. The maximum atomic E-state index is 13.4. The van der Waals surface area contributed by atoms with Crippen molar-refractivity contribution in [2.24, 2.45) is 0 Å². The SMILES string of the molecule is CC(Sc1cccc(NC(=O)/C(=C\c2ccc(Cl)cc2Cl)NC(=O)c2ccccc2)c1)C(=O)Nc1ccc(Cl)c(C(=O)O)c1. The Morgan fingerprint density at radius 2 is 1.52 bits per heavy atom. The zero-order valence-corrected chi connectivity index (χ0v) is 26.0. The van der Waals surface area contributed by atoms with Gasteiger partial charge in [0.1, 0.15) is 5.70 Å². The summed E-state index contributed by atoms with van der Waals surface area (Å²) in [5, 5.41) is 17.6. The van der Waals surface area contributed by atoms with E-state index in [-0.39, 0.29) is 22.2 Å². The van der Waals surface area contributed by atoms with Crippen LogP contribution in [0, 0.1) is 0 Å². The highest BCUT2D eigenvalue weighted by molar-refractivity contribution is 8.00. The first-order chi connectivity index (χ1) is 21.0. The Morgan fingerprint density at radius 1 is 0.795 bits per heavy atom. The molecule has 8 nitrogen and oxygen atoms in total. The Bertz CT molecular complexity index is 1770. The number of carbonyl (C=O) groups is 4. The molecule has 0 aliphatic heterocycles. The molecule has 0 aromatic heterocycles. The molecule has 0 radical (unpaired) electrons. The van der Waals surface area contributed by atoms with E-state index in [1.807, 2.05) is 0 Å². The van der Waals surface area contributed by atoms with Crippen LogP contribution in [0.25, 0.3) is 6.08 Å². The number of benzene rings is 4. The number of carboxylic acids is 1. The van der Waals surface area contributed by atoms with Gasteiger partial charge in [-0.1, -0.05) is 65.1 Å². The maximum absolute atomic E-state index is 13.4. The molecule has 4 N–H and O–H groups in total. The molecular weight excluding hydrogens is 645 g/mol. The van der Waals surface area contributed by atoms with Crippen LogP contribution in [-0.2, 0) is 9.59 Å². The summed E-state index contributed by atoms with van der Waals surface area (Å²) in [4.78, 5) is 51.2. The van der Waals surface area contributed by atoms with Gasteiger partial charge in [-0.15, -0.1) is 11.8 Å². The maximum Gasteiger partial charge on any atom is 0.337 e. The summed E-state index contributed by atoms with van der Waals surface area (Å²) in [6, 6.07) is 24.2. The minimum Gasteiger partial charge on any atom is -0.478 e. The van der Waals surface area contributed by atoms with Gasteiger partial charge in [-0.3, -0.25) is 14.4 Å². The number of anilines is 2. The molecule has 0 saturated carbocycles. The highest BCUT2D eigenvalue weighted by Gasteiger charge is 2.19. The molecule has 4 aromatic rings. The van der Waals surface area contributed by atoms with Crippen LogP contribution in [0.2, 0.25) is 15.1 Å². The van der Waals surface area contributed by atoms with Gasteiger partial charge in [-0.05, 0) is 79.2 Å². The van der Waals surface area contributed by atoms with Crippen molar-refractivity contribution in [2.75, 3.05) is 10.6 Å². The van der Waals surface area contributed by atoms with Gasteiger partial charge in [0.25, 0.3) is 11.8 Å². The predicted molar refractivity (Wildman–Crippen MR) is 176 cm³/mol. The molecule has 0 saturated heterocycles. The number of nitrogens with one attached hydrogen (secondary N) is 3. The van der Waals surface area contributed by atoms with E-state index in [4.69, 9.17) is 34.8 Å². The third kappa shape index (κ3) is 8.87. The minimum absolute atomic E-state index is 0.0578. The molecule has 44 heavy (non-hydrogen) atoms. The van der Waals surface area contributed by atoms with Crippen molar-refractivity contribution >= 4 is 87.7 Å². The summed E-state index contributed by atoms with van der Waals surface area (Å²) in [5.74, 6) is -2.67. The van der Waals surface area contributed by atoms with Gasteiger partial charge in [0.2, 0.25) is 5.91 Å². The first-order valence-corrected chi connectivity index (χ1v) is 15.0. The highest BCUT2D eigenvalue weighted by Crippen LogP contribution is 2.28. The van der Waals surface area contributed by atoms with Gasteiger partial charge in [0.15, 0.2) is 0 Å². The van der Waals surface area contributed by atoms with Crippen molar-refractivity contribution < 1.29 is 24.3 Å². The van der Waals surface area contributed by atoms with Crippen LogP contribution in [0.1, 0.15) is 33.2 Å². The van der Waals surface area contributed by atoms with Crippen LogP contribution in [0.15, 0.2) is 102 Å². The number of thioether (sulfide) groups is 1. The molecule has 0 bridgehead atoms. The van der Waals surface area contributed by atoms with Gasteiger partial charge in [0, 0.05) is 31.9 Å². The smallest absolute Gasteiger partial charge is 0.337 e. The van der Waals surface area contributed by atoms with E-state index in [0.29, 0.717) is 37.4 Å². The summed E-state index contributed by atoms with van der Waals surface area (Å²) in [6.45, 7) is 1.69. The third-order valence-electron chi connectivity index (χ3n) is 6.03. The summed E-state index contributed by atoms with van der Waals surface area (Å²) in [6.07, 6.45) is 1.45. The fourth-order valence-electron chi connectivity index (χ4n) is 3.83. The van der Waals surface area contributed by atoms with E-state index >= 15 is 0 Å². The van der Waals surface area contributed by atoms with Gasteiger partial charge in [-0.25, -0.2) is 4.79 Å². The van der Waals surface area contributed by atoms with Crippen LogP contribution < -0.4 is 16.0 Å². The van der Waals surface area contributed by atoms with Crippen LogP contribution >= 0.6 is 46.6 Å². The van der Waals surface area contributed by atoms with Crippen molar-refractivity contribution in [3.63, 3.8) is 0 Å². The molecule has 3 amide bonds. The van der Waals surface area contributed by atoms with Crippen LogP contribution in [0.4, 0.5) is 11.4 Å². The highest BCUT2D eigenvalue weighted by atomic mass is 35.5. The average Bonchev–Trinajstić information content (AvgIpc) is 2.99. The third-order valence-corrected chi connectivity index (χ3v) is 8.02. The van der Waals surface area contributed by atoms with Gasteiger partial charge >= 0.3 is 5.97 Å². The summed E-state index contributed by atoms with van der Waals surface area (Å²) >= 11 is 19.5. The van der Waals surface area contributed by atoms with E-state index in [2.05, 4.69) is 16.0 Å². The second kappa shape index (κ2) is 14.9. The predicted octanol–water partition coefficient (Wildman–Crippen LogP) is 7.87.